The third-order valence-corrected chi connectivity index (χ3v) is 3.56. The van der Waals surface area contributed by atoms with Crippen molar-refractivity contribution in [2.45, 2.75) is 77.7 Å². The molecule has 1 saturated carbocycles. The van der Waals surface area contributed by atoms with Crippen molar-refractivity contribution in [3.63, 3.8) is 0 Å². The van der Waals surface area contributed by atoms with Gasteiger partial charge in [-0.25, -0.2) is 0 Å². The zero-order chi connectivity index (χ0) is 15.0. The van der Waals surface area contributed by atoms with Crippen LogP contribution in [0.2, 0.25) is 0 Å². The molecular formula is C16H29NO3. The van der Waals surface area contributed by atoms with E-state index in [2.05, 4.69) is 5.32 Å². The predicted octanol–water partition coefficient (Wildman–Crippen LogP) is 3.19. The standard InChI is InChI=1S/C16H29NO3/c1-16(2,3)20-15(19)11-10-14(18)17-12-6-9-13-7-4-5-8-13/h13H,4-12H2,1-3H3,(H,17,18). The van der Waals surface area contributed by atoms with Crippen molar-refractivity contribution in [1.82, 2.24) is 5.32 Å². The highest BCUT2D eigenvalue weighted by Crippen LogP contribution is 2.28. The first-order valence-corrected chi connectivity index (χ1v) is 7.85. The summed E-state index contributed by atoms with van der Waals surface area (Å²) in [5.41, 5.74) is -0.477. The summed E-state index contributed by atoms with van der Waals surface area (Å²) in [6.45, 7) is 6.21. The number of rotatable bonds is 7. The van der Waals surface area contributed by atoms with Gasteiger partial charge in [-0.1, -0.05) is 25.7 Å². The van der Waals surface area contributed by atoms with Crippen LogP contribution >= 0.6 is 0 Å². The fourth-order valence-electron chi connectivity index (χ4n) is 2.61. The number of ether oxygens (including phenoxy) is 1. The molecule has 0 atom stereocenters. The average Bonchev–Trinajstić information content (AvgIpc) is 2.83. The van der Waals surface area contributed by atoms with Gasteiger partial charge >= 0.3 is 5.97 Å². The lowest BCUT2D eigenvalue weighted by atomic mass is 10.0. The summed E-state index contributed by atoms with van der Waals surface area (Å²) >= 11 is 0. The summed E-state index contributed by atoms with van der Waals surface area (Å²) < 4.78 is 5.16. The van der Waals surface area contributed by atoms with Gasteiger partial charge in [0.25, 0.3) is 0 Å². The monoisotopic (exact) mass is 283 g/mol. The predicted molar refractivity (Wildman–Crippen MR) is 79.3 cm³/mol. The van der Waals surface area contributed by atoms with Crippen molar-refractivity contribution in [2.24, 2.45) is 5.92 Å². The van der Waals surface area contributed by atoms with Crippen molar-refractivity contribution in [2.75, 3.05) is 6.54 Å². The minimum atomic E-state index is -0.477. The van der Waals surface area contributed by atoms with Crippen LogP contribution < -0.4 is 5.32 Å². The Bertz CT molecular complexity index is 314. The Hall–Kier alpha value is -1.06. The molecule has 1 fully saturated rings. The fraction of sp³-hybridized carbons (Fsp3) is 0.875. The number of carbonyl (C=O) groups excluding carboxylic acids is 2. The summed E-state index contributed by atoms with van der Waals surface area (Å²) in [6.07, 6.45) is 8.08. The van der Waals surface area contributed by atoms with Crippen LogP contribution in [0.15, 0.2) is 0 Å². The maximum Gasteiger partial charge on any atom is 0.306 e. The summed E-state index contributed by atoms with van der Waals surface area (Å²) in [5, 5.41) is 2.88. The quantitative estimate of drug-likeness (QED) is 0.576. The molecule has 1 aliphatic carbocycles. The summed E-state index contributed by atoms with van der Waals surface area (Å²) in [5.74, 6) is 0.509. The Morgan fingerprint density at radius 1 is 1.15 bits per heavy atom. The van der Waals surface area contributed by atoms with Gasteiger partial charge in [-0.05, 0) is 39.5 Å². The second-order valence-corrected chi connectivity index (χ2v) is 6.73. The molecule has 0 heterocycles. The van der Waals surface area contributed by atoms with E-state index < -0.39 is 5.60 Å². The van der Waals surface area contributed by atoms with Crippen LogP contribution in [-0.2, 0) is 14.3 Å². The van der Waals surface area contributed by atoms with Gasteiger partial charge in [-0.15, -0.1) is 0 Å². The molecule has 0 aromatic rings. The third-order valence-electron chi connectivity index (χ3n) is 3.56. The second kappa shape index (κ2) is 8.28. The zero-order valence-corrected chi connectivity index (χ0v) is 13.2. The van der Waals surface area contributed by atoms with Gasteiger partial charge in [-0.3, -0.25) is 9.59 Å². The SMILES string of the molecule is CC(C)(C)OC(=O)CCC(=O)NCCCC1CCCC1. The molecule has 0 saturated heterocycles. The highest BCUT2D eigenvalue weighted by Gasteiger charge is 2.17. The molecule has 0 aromatic heterocycles. The van der Waals surface area contributed by atoms with Crippen molar-refractivity contribution < 1.29 is 14.3 Å². The van der Waals surface area contributed by atoms with Crippen LogP contribution in [0.25, 0.3) is 0 Å². The molecule has 1 aliphatic rings. The van der Waals surface area contributed by atoms with E-state index in [9.17, 15) is 9.59 Å². The maximum atomic E-state index is 11.6. The van der Waals surface area contributed by atoms with Gasteiger partial charge in [-0.2, -0.15) is 0 Å². The van der Waals surface area contributed by atoms with E-state index >= 15 is 0 Å². The van der Waals surface area contributed by atoms with Crippen LogP contribution in [0.3, 0.4) is 0 Å². The molecule has 1 N–H and O–H groups in total. The lowest BCUT2D eigenvalue weighted by Gasteiger charge is -2.19. The van der Waals surface area contributed by atoms with Crippen molar-refractivity contribution in [1.29, 1.82) is 0 Å². The zero-order valence-electron chi connectivity index (χ0n) is 13.2. The molecule has 4 nitrogen and oxygen atoms in total. The molecule has 116 valence electrons. The van der Waals surface area contributed by atoms with Gasteiger partial charge in [0.05, 0.1) is 6.42 Å². The normalized spacial score (nSPS) is 16.1. The van der Waals surface area contributed by atoms with E-state index in [-0.39, 0.29) is 24.7 Å². The Morgan fingerprint density at radius 2 is 1.80 bits per heavy atom. The number of hydrogen-bond donors (Lipinski definition) is 1. The van der Waals surface area contributed by atoms with Crippen molar-refractivity contribution in [3.05, 3.63) is 0 Å². The van der Waals surface area contributed by atoms with E-state index in [0.717, 1.165) is 18.9 Å². The summed E-state index contributed by atoms with van der Waals surface area (Å²) in [4.78, 5) is 23.1. The molecular weight excluding hydrogens is 254 g/mol. The van der Waals surface area contributed by atoms with Crippen LogP contribution in [0.4, 0.5) is 0 Å². The molecule has 20 heavy (non-hydrogen) atoms. The summed E-state index contributed by atoms with van der Waals surface area (Å²) in [6, 6.07) is 0. The van der Waals surface area contributed by atoms with E-state index in [4.69, 9.17) is 4.74 Å². The average molecular weight is 283 g/mol. The molecule has 0 aliphatic heterocycles. The summed E-state index contributed by atoms with van der Waals surface area (Å²) in [7, 11) is 0. The molecule has 4 heteroatoms. The van der Waals surface area contributed by atoms with Gasteiger partial charge in [0.15, 0.2) is 0 Å². The highest BCUT2D eigenvalue weighted by molar-refractivity contribution is 5.81. The van der Waals surface area contributed by atoms with Crippen LogP contribution in [-0.4, -0.2) is 24.0 Å². The smallest absolute Gasteiger partial charge is 0.306 e. The number of nitrogens with one attached hydrogen (secondary N) is 1. The van der Waals surface area contributed by atoms with E-state index in [0.29, 0.717) is 0 Å². The number of amides is 1. The Labute approximate surface area is 122 Å². The first kappa shape index (κ1) is 17.0. The first-order chi connectivity index (χ1) is 9.37. The Morgan fingerprint density at radius 3 is 2.40 bits per heavy atom. The van der Waals surface area contributed by atoms with Gasteiger partial charge in [0, 0.05) is 13.0 Å². The lowest BCUT2D eigenvalue weighted by Crippen LogP contribution is -2.27. The van der Waals surface area contributed by atoms with Gasteiger partial charge in [0.1, 0.15) is 5.60 Å². The largest absolute Gasteiger partial charge is 0.460 e. The Kier molecular flexibility index (Phi) is 7.03. The molecule has 0 aromatic carbocycles. The first-order valence-electron chi connectivity index (χ1n) is 7.85. The minimum absolute atomic E-state index is 0.0534. The van der Waals surface area contributed by atoms with Crippen molar-refractivity contribution in [3.8, 4) is 0 Å². The lowest BCUT2D eigenvalue weighted by molar-refractivity contribution is -0.155. The fourth-order valence-corrected chi connectivity index (χ4v) is 2.61. The molecule has 1 rings (SSSR count). The van der Waals surface area contributed by atoms with Crippen LogP contribution in [0.5, 0.6) is 0 Å². The molecule has 0 radical (unpaired) electrons. The highest BCUT2D eigenvalue weighted by atomic mass is 16.6. The third kappa shape index (κ3) is 8.18. The van der Waals surface area contributed by atoms with Crippen LogP contribution in [0, 0.1) is 5.92 Å². The molecule has 0 unspecified atom stereocenters. The minimum Gasteiger partial charge on any atom is -0.460 e. The molecule has 1 amide bonds. The number of esters is 1. The number of carbonyl (C=O) groups is 2. The van der Waals surface area contributed by atoms with Gasteiger partial charge in [0.2, 0.25) is 5.91 Å². The number of hydrogen-bond acceptors (Lipinski definition) is 3. The topological polar surface area (TPSA) is 55.4 Å². The van der Waals surface area contributed by atoms with E-state index in [1.807, 2.05) is 20.8 Å². The van der Waals surface area contributed by atoms with Crippen molar-refractivity contribution >= 4 is 11.9 Å². The van der Waals surface area contributed by atoms with E-state index in [1.54, 1.807) is 0 Å². The maximum absolute atomic E-state index is 11.6. The van der Waals surface area contributed by atoms with E-state index in [1.165, 1.54) is 32.1 Å². The Balaban J connectivity index is 2.01. The van der Waals surface area contributed by atoms with Gasteiger partial charge < -0.3 is 10.1 Å². The molecule has 0 spiro atoms. The van der Waals surface area contributed by atoms with Crippen LogP contribution in [0.1, 0.15) is 72.1 Å². The molecule has 0 bridgehead atoms. The second-order valence-electron chi connectivity index (χ2n) is 6.73.